The largest absolute Gasteiger partial charge is 0.343 e. The number of carbonyl (C=O) groups is 2. The van der Waals surface area contributed by atoms with E-state index in [2.05, 4.69) is 48.1 Å². The smallest absolute Gasteiger partial charge is 0.246 e. The number of benzene rings is 1. The summed E-state index contributed by atoms with van der Waals surface area (Å²) >= 11 is 1.63. The van der Waals surface area contributed by atoms with Gasteiger partial charge in [-0.15, -0.1) is 11.3 Å². The van der Waals surface area contributed by atoms with Crippen LogP contribution in [0.1, 0.15) is 88.4 Å². The highest BCUT2D eigenvalue weighted by molar-refractivity contribution is 7.10. The van der Waals surface area contributed by atoms with Crippen molar-refractivity contribution in [1.82, 2.24) is 25.5 Å². The van der Waals surface area contributed by atoms with Crippen molar-refractivity contribution in [2.45, 2.75) is 89.8 Å². The first kappa shape index (κ1) is 27.7. The zero-order valence-corrected chi connectivity index (χ0v) is 24.4. The van der Waals surface area contributed by atoms with E-state index in [1.807, 2.05) is 24.0 Å². The van der Waals surface area contributed by atoms with Gasteiger partial charge in [0.15, 0.2) is 0 Å². The zero-order chi connectivity index (χ0) is 27.5. The summed E-state index contributed by atoms with van der Waals surface area (Å²) in [7, 11) is 1.77. The number of thiazole rings is 1. The van der Waals surface area contributed by atoms with Crippen molar-refractivity contribution in [2.75, 3.05) is 13.6 Å². The Morgan fingerprint density at radius 2 is 1.79 bits per heavy atom. The van der Waals surface area contributed by atoms with E-state index in [0.717, 1.165) is 71.4 Å². The van der Waals surface area contributed by atoms with Gasteiger partial charge in [-0.1, -0.05) is 51.3 Å². The summed E-state index contributed by atoms with van der Waals surface area (Å²) < 4.78 is 0. The van der Waals surface area contributed by atoms with Crippen LogP contribution in [0.15, 0.2) is 35.7 Å². The van der Waals surface area contributed by atoms with Crippen molar-refractivity contribution < 1.29 is 9.59 Å². The van der Waals surface area contributed by atoms with Gasteiger partial charge in [0.1, 0.15) is 11.0 Å². The average Bonchev–Trinajstić information content (AvgIpc) is 3.65. The molecule has 1 saturated carbocycles. The third-order valence-electron chi connectivity index (χ3n) is 8.46. The minimum absolute atomic E-state index is 0.0502. The first-order chi connectivity index (χ1) is 18.9. The Kier molecular flexibility index (Phi) is 8.62. The quantitative estimate of drug-likeness (QED) is 0.371. The number of nitrogens with zero attached hydrogens (tertiary/aromatic N) is 3. The van der Waals surface area contributed by atoms with Crippen LogP contribution in [0.5, 0.6) is 0 Å². The van der Waals surface area contributed by atoms with Crippen LogP contribution in [-0.4, -0.2) is 52.4 Å². The Balaban J connectivity index is 1.43. The van der Waals surface area contributed by atoms with Gasteiger partial charge in [-0.05, 0) is 63.6 Å². The summed E-state index contributed by atoms with van der Waals surface area (Å²) in [4.78, 5) is 39.0. The van der Waals surface area contributed by atoms with Crippen molar-refractivity contribution in [3.05, 3.63) is 46.4 Å². The van der Waals surface area contributed by atoms with Crippen molar-refractivity contribution in [2.24, 2.45) is 5.92 Å². The number of fused-ring (bicyclic) bond motifs is 1. The van der Waals surface area contributed by atoms with Crippen LogP contribution >= 0.6 is 11.3 Å². The van der Waals surface area contributed by atoms with Gasteiger partial charge in [0.05, 0.1) is 23.3 Å². The predicted molar refractivity (Wildman–Crippen MR) is 158 cm³/mol. The van der Waals surface area contributed by atoms with E-state index in [4.69, 9.17) is 9.97 Å². The second-order valence-corrected chi connectivity index (χ2v) is 12.3. The standard InChI is InChI=1S/C31H41N5O2S/c1-19(2)25-17-23(22-13-8-9-14-24(22)33-25)26-18-39-30(34-26)27-15-10-16-36(27)31(38)28(21-11-6-5-7-12-21)35-29(37)20(3)32-4/h8-9,13-14,17-21,27-28,32H,5-7,10-12,15-16H2,1-4H3,(H,35,37)/t20-,27-,28-/m0/s1. The van der Waals surface area contributed by atoms with Crippen molar-refractivity contribution in [1.29, 1.82) is 0 Å². The van der Waals surface area contributed by atoms with Gasteiger partial charge in [0, 0.05) is 28.6 Å². The summed E-state index contributed by atoms with van der Waals surface area (Å²) in [6, 6.07) is 9.52. The molecule has 2 N–H and O–H groups in total. The molecule has 2 amide bonds. The van der Waals surface area contributed by atoms with Gasteiger partial charge in [-0.3, -0.25) is 14.6 Å². The summed E-state index contributed by atoms with van der Waals surface area (Å²) in [5, 5.41) is 10.3. The van der Waals surface area contributed by atoms with Gasteiger partial charge in [0.2, 0.25) is 11.8 Å². The first-order valence-corrected chi connectivity index (χ1v) is 15.4. The Hall–Kier alpha value is -2.84. The Labute approximate surface area is 235 Å². The van der Waals surface area contributed by atoms with Crippen molar-refractivity contribution in [3.8, 4) is 11.3 Å². The predicted octanol–water partition coefficient (Wildman–Crippen LogP) is 5.82. The summed E-state index contributed by atoms with van der Waals surface area (Å²) in [5.41, 5.74) is 4.07. The number of hydrogen-bond acceptors (Lipinski definition) is 6. The molecule has 3 heterocycles. The number of nitrogens with one attached hydrogen (secondary N) is 2. The van der Waals surface area contributed by atoms with Gasteiger partial charge >= 0.3 is 0 Å². The second kappa shape index (κ2) is 12.1. The number of aromatic nitrogens is 2. The molecule has 2 fully saturated rings. The van der Waals surface area contributed by atoms with E-state index in [1.165, 1.54) is 6.42 Å². The molecule has 1 saturated heterocycles. The van der Waals surface area contributed by atoms with Crippen molar-refractivity contribution >= 4 is 34.1 Å². The van der Waals surface area contributed by atoms with Gasteiger partial charge in [0.25, 0.3) is 0 Å². The summed E-state index contributed by atoms with van der Waals surface area (Å²) in [6.45, 7) is 6.86. The molecule has 5 rings (SSSR count). The first-order valence-electron chi connectivity index (χ1n) is 14.5. The van der Waals surface area contributed by atoms with E-state index in [0.29, 0.717) is 12.5 Å². The molecule has 2 aliphatic rings. The normalized spacial score (nSPS) is 19.9. The zero-order valence-electron chi connectivity index (χ0n) is 23.6. The molecule has 8 heteroatoms. The molecule has 1 aliphatic heterocycles. The van der Waals surface area contributed by atoms with Crippen LogP contribution in [0.2, 0.25) is 0 Å². The second-order valence-electron chi connectivity index (χ2n) is 11.4. The number of likely N-dealkylation sites (N-methyl/N-ethyl adjacent to an activating group) is 1. The summed E-state index contributed by atoms with van der Waals surface area (Å²) in [5.74, 6) is 0.436. The molecule has 7 nitrogen and oxygen atoms in total. The lowest BCUT2D eigenvalue weighted by atomic mass is 9.83. The topological polar surface area (TPSA) is 87.2 Å². The van der Waals surface area contributed by atoms with Gasteiger partial charge in [-0.2, -0.15) is 0 Å². The number of hydrogen-bond donors (Lipinski definition) is 2. The molecule has 0 radical (unpaired) electrons. The van der Waals surface area contributed by atoms with Crippen LogP contribution in [-0.2, 0) is 9.59 Å². The Bertz CT molecular complexity index is 1320. The van der Waals surface area contributed by atoms with Crippen LogP contribution in [0.4, 0.5) is 0 Å². The van der Waals surface area contributed by atoms with Crippen LogP contribution < -0.4 is 10.6 Å². The maximum atomic E-state index is 14.1. The van der Waals surface area contributed by atoms with E-state index in [-0.39, 0.29) is 29.8 Å². The lowest BCUT2D eigenvalue weighted by Crippen LogP contribution is -2.55. The fourth-order valence-electron chi connectivity index (χ4n) is 5.99. The maximum Gasteiger partial charge on any atom is 0.246 e. The van der Waals surface area contributed by atoms with Gasteiger partial charge in [-0.25, -0.2) is 4.98 Å². The van der Waals surface area contributed by atoms with Crippen molar-refractivity contribution in [3.63, 3.8) is 0 Å². The molecule has 0 spiro atoms. The van der Waals surface area contributed by atoms with E-state index >= 15 is 0 Å². The molecule has 3 atom stereocenters. The Morgan fingerprint density at radius 1 is 1.03 bits per heavy atom. The number of carbonyl (C=O) groups excluding carboxylic acids is 2. The molecular weight excluding hydrogens is 506 g/mol. The third kappa shape index (κ3) is 5.87. The number of pyridine rings is 1. The molecule has 1 aromatic carbocycles. The highest BCUT2D eigenvalue weighted by Crippen LogP contribution is 2.39. The number of rotatable bonds is 8. The number of likely N-dealkylation sites (tertiary alicyclic amines) is 1. The van der Waals surface area contributed by atoms with E-state index in [1.54, 1.807) is 18.4 Å². The maximum absolute atomic E-state index is 14.1. The molecule has 39 heavy (non-hydrogen) atoms. The lowest BCUT2D eigenvalue weighted by molar-refractivity contribution is -0.139. The molecule has 0 bridgehead atoms. The molecular formula is C31H41N5O2S. The fourth-order valence-corrected chi connectivity index (χ4v) is 6.96. The molecule has 208 valence electrons. The molecule has 3 aromatic rings. The number of amides is 2. The Morgan fingerprint density at radius 3 is 2.54 bits per heavy atom. The van der Waals surface area contributed by atoms with E-state index < -0.39 is 6.04 Å². The SMILES string of the molecule is CN[C@@H](C)C(=O)N[C@H](C(=O)N1CCC[C@H]1c1nc(-c2cc(C(C)C)nc3ccccc23)cs1)C1CCCCC1. The fraction of sp³-hybridized carbons (Fsp3) is 0.548. The molecule has 0 unspecified atom stereocenters. The minimum atomic E-state index is -0.480. The highest BCUT2D eigenvalue weighted by atomic mass is 32.1. The lowest BCUT2D eigenvalue weighted by Gasteiger charge is -2.35. The van der Waals surface area contributed by atoms with Gasteiger partial charge < -0.3 is 15.5 Å². The van der Waals surface area contributed by atoms with Crippen LogP contribution in [0.25, 0.3) is 22.2 Å². The third-order valence-corrected chi connectivity index (χ3v) is 9.40. The summed E-state index contributed by atoms with van der Waals surface area (Å²) in [6.07, 6.45) is 7.24. The molecule has 1 aliphatic carbocycles. The van der Waals surface area contributed by atoms with E-state index in [9.17, 15) is 9.59 Å². The minimum Gasteiger partial charge on any atom is -0.343 e. The van der Waals surface area contributed by atoms with Crippen LogP contribution in [0.3, 0.4) is 0 Å². The number of para-hydroxylation sites is 1. The highest BCUT2D eigenvalue weighted by Gasteiger charge is 2.40. The molecule has 2 aromatic heterocycles. The monoisotopic (exact) mass is 547 g/mol. The average molecular weight is 548 g/mol. The van der Waals surface area contributed by atoms with Crippen LogP contribution in [0, 0.1) is 5.92 Å².